The van der Waals surface area contributed by atoms with E-state index in [9.17, 15) is 9.90 Å². The molecule has 0 aliphatic heterocycles. The number of hydrogen-bond donors (Lipinski definition) is 3. The predicted octanol–water partition coefficient (Wildman–Crippen LogP) is 1.19. The third-order valence-corrected chi connectivity index (χ3v) is 3.08. The molecule has 0 radical (unpaired) electrons. The first-order chi connectivity index (χ1) is 9.56. The molecular weight excluding hydrogens is 256 g/mol. The molecule has 0 aromatic heterocycles. The Hall–Kier alpha value is -1.59. The molecule has 112 valence electrons. The van der Waals surface area contributed by atoms with E-state index in [1.165, 1.54) is 0 Å². The van der Waals surface area contributed by atoms with Crippen molar-refractivity contribution in [2.45, 2.75) is 38.3 Å². The van der Waals surface area contributed by atoms with Crippen molar-refractivity contribution in [3.63, 3.8) is 0 Å². The van der Waals surface area contributed by atoms with Crippen LogP contribution in [0.5, 0.6) is 5.75 Å². The van der Waals surface area contributed by atoms with Crippen LogP contribution >= 0.6 is 0 Å². The summed E-state index contributed by atoms with van der Waals surface area (Å²) in [4.78, 5) is 12.0. The highest BCUT2D eigenvalue weighted by Crippen LogP contribution is 2.11. The van der Waals surface area contributed by atoms with Gasteiger partial charge in [0.1, 0.15) is 5.75 Å². The molecule has 0 fully saturated rings. The number of nitrogens with one attached hydrogen (secondary N) is 1. The van der Waals surface area contributed by atoms with Crippen molar-refractivity contribution >= 4 is 5.91 Å². The van der Waals surface area contributed by atoms with Gasteiger partial charge in [0.25, 0.3) is 0 Å². The van der Waals surface area contributed by atoms with Gasteiger partial charge in [0, 0.05) is 7.11 Å². The Labute approximate surface area is 120 Å². The zero-order chi connectivity index (χ0) is 15.0. The Kier molecular flexibility index (Phi) is 7.04. The van der Waals surface area contributed by atoms with E-state index in [0.29, 0.717) is 13.0 Å². The average Bonchev–Trinajstić information content (AvgIpc) is 2.42. The smallest absolute Gasteiger partial charge is 0.237 e. The fourth-order valence-electron chi connectivity index (χ4n) is 2.03. The quantitative estimate of drug-likeness (QED) is 0.668. The number of rotatable bonds is 8. The molecule has 5 heteroatoms. The van der Waals surface area contributed by atoms with Gasteiger partial charge in [0.2, 0.25) is 5.91 Å². The lowest BCUT2D eigenvalue weighted by Crippen LogP contribution is -2.47. The average molecular weight is 280 g/mol. The lowest BCUT2D eigenvalue weighted by Gasteiger charge is -2.20. The molecule has 1 amide bonds. The number of benzene rings is 1. The number of phenols is 1. The minimum absolute atomic E-state index is 0.00312. The Bertz CT molecular complexity index is 400. The third kappa shape index (κ3) is 5.59. The van der Waals surface area contributed by atoms with E-state index in [4.69, 9.17) is 10.5 Å². The number of nitrogens with two attached hydrogens (primary N) is 1. The highest BCUT2D eigenvalue weighted by molar-refractivity contribution is 5.82. The van der Waals surface area contributed by atoms with E-state index < -0.39 is 6.04 Å². The maximum atomic E-state index is 12.0. The van der Waals surface area contributed by atoms with Crippen molar-refractivity contribution < 1.29 is 14.6 Å². The van der Waals surface area contributed by atoms with Crippen molar-refractivity contribution in [3.8, 4) is 5.75 Å². The first-order valence-corrected chi connectivity index (χ1v) is 6.89. The molecule has 0 spiro atoms. The van der Waals surface area contributed by atoms with Crippen molar-refractivity contribution in [2.24, 2.45) is 5.73 Å². The van der Waals surface area contributed by atoms with E-state index >= 15 is 0 Å². The molecule has 0 saturated carbocycles. The van der Waals surface area contributed by atoms with Crippen LogP contribution in [0, 0.1) is 0 Å². The molecule has 0 aliphatic rings. The Morgan fingerprint density at radius 2 is 2.05 bits per heavy atom. The molecule has 1 aromatic carbocycles. The fraction of sp³-hybridized carbons (Fsp3) is 0.533. The zero-order valence-corrected chi connectivity index (χ0v) is 12.1. The molecule has 2 atom stereocenters. The minimum atomic E-state index is -0.601. The summed E-state index contributed by atoms with van der Waals surface area (Å²) in [5.74, 6) is 0.0310. The molecular formula is C15H24N2O3. The predicted molar refractivity (Wildman–Crippen MR) is 78.5 cm³/mol. The first-order valence-electron chi connectivity index (χ1n) is 6.89. The van der Waals surface area contributed by atoms with Gasteiger partial charge in [-0.1, -0.05) is 25.5 Å². The van der Waals surface area contributed by atoms with Crippen LogP contribution in [-0.4, -0.2) is 36.8 Å². The molecule has 20 heavy (non-hydrogen) atoms. The summed E-state index contributed by atoms with van der Waals surface area (Å²) in [6, 6.07) is 6.11. The Morgan fingerprint density at radius 3 is 2.60 bits per heavy atom. The molecule has 0 bridgehead atoms. The molecule has 1 rings (SSSR count). The number of carbonyl (C=O) groups excluding carboxylic acids is 1. The molecule has 2 unspecified atom stereocenters. The van der Waals surface area contributed by atoms with Gasteiger partial charge in [-0.15, -0.1) is 0 Å². The van der Waals surface area contributed by atoms with Crippen LogP contribution in [0.3, 0.4) is 0 Å². The van der Waals surface area contributed by atoms with E-state index in [2.05, 4.69) is 12.2 Å². The topological polar surface area (TPSA) is 84.6 Å². The first kappa shape index (κ1) is 16.5. The molecule has 5 nitrogen and oxygen atoms in total. The van der Waals surface area contributed by atoms with Gasteiger partial charge in [0.15, 0.2) is 0 Å². The van der Waals surface area contributed by atoms with Gasteiger partial charge in [-0.2, -0.15) is 0 Å². The number of phenolic OH excluding ortho intramolecular Hbond substituents is 1. The highest BCUT2D eigenvalue weighted by Gasteiger charge is 2.18. The van der Waals surface area contributed by atoms with Crippen molar-refractivity contribution in [2.75, 3.05) is 13.7 Å². The fourth-order valence-corrected chi connectivity index (χ4v) is 2.03. The minimum Gasteiger partial charge on any atom is -0.508 e. The largest absolute Gasteiger partial charge is 0.508 e. The van der Waals surface area contributed by atoms with E-state index in [0.717, 1.165) is 18.4 Å². The van der Waals surface area contributed by atoms with Crippen LogP contribution in [0.15, 0.2) is 24.3 Å². The summed E-state index contributed by atoms with van der Waals surface area (Å²) in [5.41, 5.74) is 6.83. The molecule has 0 heterocycles. The highest BCUT2D eigenvalue weighted by atomic mass is 16.5. The third-order valence-electron chi connectivity index (χ3n) is 3.08. The van der Waals surface area contributed by atoms with Crippen LogP contribution < -0.4 is 11.1 Å². The summed E-state index contributed by atoms with van der Waals surface area (Å²) >= 11 is 0. The van der Waals surface area contributed by atoms with Gasteiger partial charge in [0.05, 0.1) is 18.7 Å². The maximum absolute atomic E-state index is 12.0. The van der Waals surface area contributed by atoms with Gasteiger partial charge >= 0.3 is 0 Å². The van der Waals surface area contributed by atoms with E-state index in [1.807, 2.05) is 0 Å². The van der Waals surface area contributed by atoms with Crippen LogP contribution in [0.25, 0.3) is 0 Å². The number of aromatic hydroxyl groups is 1. The number of amides is 1. The monoisotopic (exact) mass is 280 g/mol. The van der Waals surface area contributed by atoms with Crippen molar-refractivity contribution in [1.82, 2.24) is 5.32 Å². The standard InChI is InChI=1S/C15H24N2O3/c1-3-4-12(10-20-2)17-15(19)14(16)9-11-5-7-13(18)8-6-11/h5-8,12,14,18H,3-4,9-10,16H2,1-2H3,(H,17,19). The van der Waals surface area contributed by atoms with Crippen LogP contribution in [0.2, 0.25) is 0 Å². The second-order valence-electron chi connectivity index (χ2n) is 4.93. The van der Waals surface area contributed by atoms with Gasteiger partial charge in [-0.25, -0.2) is 0 Å². The second-order valence-corrected chi connectivity index (χ2v) is 4.93. The Balaban J connectivity index is 2.50. The number of ether oxygens (including phenoxy) is 1. The summed E-state index contributed by atoms with van der Waals surface area (Å²) in [6.45, 7) is 2.55. The molecule has 1 aromatic rings. The molecule has 4 N–H and O–H groups in total. The van der Waals surface area contributed by atoms with Crippen LogP contribution in [0.1, 0.15) is 25.3 Å². The van der Waals surface area contributed by atoms with Crippen LogP contribution in [0.4, 0.5) is 0 Å². The lowest BCUT2D eigenvalue weighted by atomic mass is 10.1. The SMILES string of the molecule is CCCC(COC)NC(=O)C(N)Cc1ccc(O)cc1. The normalized spacial score (nSPS) is 13.8. The number of methoxy groups -OCH3 is 1. The van der Waals surface area contributed by atoms with Crippen LogP contribution in [-0.2, 0) is 16.0 Å². The zero-order valence-electron chi connectivity index (χ0n) is 12.1. The van der Waals surface area contributed by atoms with Crippen molar-refractivity contribution in [3.05, 3.63) is 29.8 Å². The summed E-state index contributed by atoms with van der Waals surface area (Å²) in [6.07, 6.45) is 2.28. The van der Waals surface area contributed by atoms with Gasteiger partial charge in [-0.3, -0.25) is 4.79 Å². The Morgan fingerprint density at radius 1 is 1.40 bits per heavy atom. The molecule has 0 aliphatic carbocycles. The van der Waals surface area contributed by atoms with E-state index in [1.54, 1.807) is 31.4 Å². The van der Waals surface area contributed by atoms with Gasteiger partial charge in [-0.05, 0) is 30.5 Å². The van der Waals surface area contributed by atoms with Crippen molar-refractivity contribution in [1.29, 1.82) is 0 Å². The number of hydrogen-bond acceptors (Lipinski definition) is 4. The second kappa shape index (κ2) is 8.55. The summed E-state index contributed by atoms with van der Waals surface area (Å²) < 4.78 is 5.09. The lowest BCUT2D eigenvalue weighted by molar-refractivity contribution is -0.123. The summed E-state index contributed by atoms with van der Waals surface area (Å²) in [7, 11) is 1.62. The summed E-state index contributed by atoms with van der Waals surface area (Å²) in [5, 5.41) is 12.1. The van der Waals surface area contributed by atoms with E-state index in [-0.39, 0.29) is 17.7 Å². The number of carbonyl (C=O) groups is 1. The maximum Gasteiger partial charge on any atom is 0.237 e. The molecule has 0 saturated heterocycles. The van der Waals surface area contributed by atoms with Gasteiger partial charge < -0.3 is 20.9 Å².